The summed E-state index contributed by atoms with van der Waals surface area (Å²) >= 11 is 0. The van der Waals surface area contributed by atoms with Crippen molar-refractivity contribution in [1.82, 2.24) is 0 Å². The predicted octanol–water partition coefficient (Wildman–Crippen LogP) is 11.4. The molecule has 0 unspecified atom stereocenters. The normalized spacial score (nSPS) is 13.7. The summed E-state index contributed by atoms with van der Waals surface area (Å²) in [5.41, 5.74) is 11.8. The topological polar surface area (TPSA) is 0 Å². The molecule has 228 valence electrons. The Labute approximate surface area is 292 Å². The summed E-state index contributed by atoms with van der Waals surface area (Å²) in [5.74, 6) is 0. The van der Waals surface area contributed by atoms with E-state index < -0.39 is 8.07 Å². The van der Waals surface area contributed by atoms with Gasteiger partial charge in [0.1, 0.15) is 0 Å². The van der Waals surface area contributed by atoms with E-state index >= 15 is 0 Å². The van der Waals surface area contributed by atoms with Crippen molar-refractivity contribution in [2.24, 2.45) is 0 Å². The molecule has 0 nitrogen and oxygen atoms in total. The molecule has 0 atom stereocenters. The van der Waals surface area contributed by atoms with Crippen LogP contribution in [0.3, 0.4) is 0 Å². The van der Waals surface area contributed by atoms with E-state index in [-0.39, 0.29) is 40.7 Å². The van der Waals surface area contributed by atoms with Gasteiger partial charge >= 0.3 is 25.8 Å². The van der Waals surface area contributed by atoms with E-state index in [0.717, 1.165) is 5.54 Å². The molecule has 0 aliphatic heterocycles. The average molecular weight is 771 g/mol. The molecule has 0 N–H and O–H groups in total. The van der Waals surface area contributed by atoms with Crippen LogP contribution in [0, 0.1) is 42.5 Å². The van der Waals surface area contributed by atoms with E-state index in [0.29, 0.717) is 0 Å². The molecule has 0 saturated heterocycles. The van der Waals surface area contributed by atoms with Gasteiger partial charge in [0, 0.05) is 0 Å². The average Bonchev–Trinajstić information content (AvgIpc) is 3.66. The van der Waals surface area contributed by atoms with Gasteiger partial charge < -0.3 is 14.9 Å². The van der Waals surface area contributed by atoms with Crippen LogP contribution in [0.1, 0.15) is 54.4 Å². The number of fused-ring (bicyclic) bond motifs is 2. The van der Waals surface area contributed by atoms with Gasteiger partial charge in [0.25, 0.3) is 0 Å². The largest absolute Gasteiger partial charge is 4.00 e. The summed E-state index contributed by atoms with van der Waals surface area (Å²) in [5, 5.41) is 8.86. The van der Waals surface area contributed by atoms with E-state index in [2.05, 4.69) is 131 Å². The molecule has 7 rings (SSSR count). The Morgan fingerprint density at radius 1 is 0.556 bits per heavy atom. The number of hydrogen-bond acceptors (Lipinski definition) is 0. The molecule has 1 fully saturated rings. The van der Waals surface area contributed by atoms with Crippen molar-refractivity contribution in [3.8, 4) is 22.3 Å². The van der Waals surface area contributed by atoms with Gasteiger partial charge in [-0.1, -0.05) is 98.3 Å². The Morgan fingerprint density at radius 3 is 1.40 bits per heavy atom. The molecule has 6 aromatic carbocycles. The molecule has 1 aliphatic rings. The fraction of sp³-hybridized carbons (Fsp3) is 0.256. The molecule has 0 bridgehead atoms. The summed E-state index contributed by atoms with van der Waals surface area (Å²) in [6, 6.07) is 37.7. The minimum Gasteiger partial charge on any atom is -0.358 e. The zero-order valence-corrected chi connectivity index (χ0v) is 32.9. The third kappa shape index (κ3) is 5.94. The molecule has 6 aromatic rings. The SMILES string of the molecule is Cc1cccc(-c2cccc3[cH-]c([Si](C)(c4cc5c(-c6cccc(C)c6C)cccc5[cH-]4)C4CCCCC4)cc23)c1C.[CH3-].[CH3-].[Hf+4]. The first-order valence-corrected chi connectivity index (χ1v) is 18.5. The summed E-state index contributed by atoms with van der Waals surface area (Å²) in [4.78, 5) is 0. The maximum absolute atomic E-state index is 2.70. The minimum absolute atomic E-state index is 0. The summed E-state index contributed by atoms with van der Waals surface area (Å²) in [6.45, 7) is 11.7. The van der Waals surface area contributed by atoms with Crippen LogP contribution < -0.4 is 10.4 Å². The van der Waals surface area contributed by atoms with Gasteiger partial charge in [0.2, 0.25) is 0 Å². The summed E-state index contributed by atoms with van der Waals surface area (Å²) in [7, 11) is -2.06. The molecule has 1 saturated carbocycles. The van der Waals surface area contributed by atoms with Gasteiger partial charge in [-0.3, -0.25) is 0 Å². The third-order valence-electron chi connectivity index (χ3n) is 10.9. The summed E-state index contributed by atoms with van der Waals surface area (Å²) < 4.78 is 0. The first kappa shape index (κ1) is 35.0. The first-order chi connectivity index (χ1) is 20.4. The van der Waals surface area contributed by atoms with E-state index in [1.54, 1.807) is 10.4 Å². The molecular formula is C43H48HfSi. The van der Waals surface area contributed by atoms with Crippen LogP contribution in [-0.2, 0) is 25.8 Å². The third-order valence-corrected chi connectivity index (χ3v) is 16.1. The van der Waals surface area contributed by atoms with E-state index in [1.807, 2.05) is 0 Å². The van der Waals surface area contributed by atoms with Crippen LogP contribution in [0.25, 0.3) is 43.8 Å². The predicted molar refractivity (Wildman–Crippen MR) is 199 cm³/mol. The van der Waals surface area contributed by atoms with E-state index in [1.165, 1.54) is 98.2 Å². The zero-order chi connectivity index (χ0) is 29.0. The molecule has 0 amide bonds. The standard InChI is InChI=1S/C41H42Si.2CH3.Hf/c1-27-13-9-19-36(29(27)3)38-21-11-15-31-23-34(25-40(31)38)42(5,33-17-7-6-8-18-33)35-24-32-16-12-22-39(41(32)26-35)37-20-10-14-28(2)30(37)4;;;/h9-16,19-26,33H,6-8,17-18H2,1-5H3;2*1H3;/q-2;2*-1;+4. The van der Waals surface area contributed by atoms with E-state index in [4.69, 9.17) is 0 Å². The second kappa shape index (κ2) is 13.9. The van der Waals surface area contributed by atoms with Gasteiger partial charge in [0.15, 0.2) is 0 Å². The molecule has 2 heteroatoms. The Bertz CT molecular complexity index is 1800. The number of rotatable bonds is 5. The van der Waals surface area contributed by atoms with Gasteiger partial charge in [-0.15, -0.1) is 68.3 Å². The van der Waals surface area contributed by atoms with Gasteiger partial charge in [0.05, 0.1) is 8.07 Å². The van der Waals surface area contributed by atoms with Gasteiger partial charge in [-0.2, -0.15) is 12.1 Å². The zero-order valence-electron chi connectivity index (χ0n) is 28.4. The molecule has 45 heavy (non-hydrogen) atoms. The van der Waals surface area contributed by atoms with Crippen LogP contribution in [0.4, 0.5) is 0 Å². The smallest absolute Gasteiger partial charge is 0.358 e. The maximum Gasteiger partial charge on any atom is 4.00 e. The molecule has 0 heterocycles. The van der Waals surface area contributed by atoms with Crippen LogP contribution in [-0.4, -0.2) is 8.07 Å². The number of aryl methyl sites for hydroxylation is 2. The van der Waals surface area contributed by atoms with Crippen molar-refractivity contribution in [3.63, 3.8) is 0 Å². The van der Waals surface area contributed by atoms with Crippen LogP contribution in [0.15, 0.2) is 97.1 Å². The number of hydrogen-bond donors (Lipinski definition) is 0. The molecule has 0 radical (unpaired) electrons. The molecule has 0 spiro atoms. The Morgan fingerprint density at radius 2 is 0.956 bits per heavy atom. The quantitative estimate of drug-likeness (QED) is 0.121. The maximum atomic E-state index is 2.70. The molecule has 1 aliphatic carbocycles. The fourth-order valence-corrected chi connectivity index (χ4v) is 12.6. The first-order valence-electron chi connectivity index (χ1n) is 15.9. The minimum atomic E-state index is -2.06. The van der Waals surface area contributed by atoms with Gasteiger partial charge in [-0.05, 0) is 66.6 Å². The van der Waals surface area contributed by atoms with Gasteiger partial charge in [-0.25, -0.2) is 0 Å². The van der Waals surface area contributed by atoms with Crippen LogP contribution >= 0.6 is 0 Å². The summed E-state index contributed by atoms with van der Waals surface area (Å²) in [6.07, 6.45) is 6.85. The van der Waals surface area contributed by atoms with Crippen LogP contribution in [0.2, 0.25) is 12.1 Å². The molecular weight excluding hydrogens is 723 g/mol. The van der Waals surface area contributed by atoms with E-state index in [9.17, 15) is 0 Å². The van der Waals surface area contributed by atoms with Crippen molar-refractivity contribution in [2.75, 3.05) is 0 Å². The Balaban J connectivity index is 0.00000154. The van der Waals surface area contributed by atoms with Crippen molar-refractivity contribution >= 4 is 40.0 Å². The Kier molecular flexibility index (Phi) is 10.8. The second-order valence-corrected chi connectivity index (χ2v) is 17.5. The monoisotopic (exact) mass is 772 g/mol. The van der Waals surface area contributed by atoms with Crippen LogP contribution in [0.5, 0.6) is 0 Å². The Hall–Kier alpha value is -2.81. The fourth-order valence-electron chi connectivity index (χ4n) is 7.94. The van der Waals surface area contributed by atoms with Crippen molar-refractivity contribution in [1.29, 1.82) is 0 Å². The molecule has 0 aromatic heterocycles. The van der Waals surface area contributed by atoms with Crippen molar-refractivity contribution in [2.45, 2.75) is 71.9 Å². The van der Waals surface area contributed by atoms with Crippen molar-refractivity contribution < 1.29 is 25.8 Å². The number of benzene rings is 4. The van der Waals surface area contributed by atoms with Crippen molar-refractivity contribution in [3.05, 3.63) is 134 Å². The second-order valence-electron chi connectivity index (χ2n) is 13.1.